The van der Waals surface area contributed by atoms with E-state index in [9.17, 15) is 13.2 Å². The van der Waals surface area contributed by atoms with E-state index < -0.39 is 17.6 Å². The lowest BCUT2D eigenvalue weighted by molar-refractivity contribution is -0.184. The van der Waals surface area contributed by atoms with E-state index in [0.29, 0.717) is 18.6 Å². The number of rotatable bonds is 3. The van der Waals surface area contributed by atoms with E-state index in [-0.39, 0.29) is 18.9 Å². The zero-order valence-electron chi connectivity index (χ0n) is 12.3. The van der Waals surface area contributed by atoms with Crippen LogP contribution in [0, 0.1) is 5.92 Å². The molecule has 21 heavy (non-hydrogen) atoms. The van der Waals surface area contributed by atoms with Crippen LogP contribution in [0.25, 0.3) is 0 Å². The summed E-state index contributed by atoms with van der Waals surface area (Å²) in [5, 5.41) is 0. The highest BCUT2D eigenvalue weighted by atomic mass is 19.4. The molecular weight excluding hydrogens is 281 g/mol. The molecule has 2 rings (SSSR count). The van der Waals surface area contributed by atoms with Crippen LogP contribution in [0.5, 0.6) is 5.75 Å². The van der Waals surface area contributed by atoms with Crippen molar-refractivity contribution in [1.29, 1.82) is 0 Å². The van der Waals surface area contributed by atoms with Crippen molar-refractivity contribution in [2.45, 2.75) is 57.3 Å². The van der Waals surface area contributed by atoms with Gasteiger partial charge in [0.25, 0.3) is 0 Å². The van der Waals surface area contributed by atoms with Crippen molar-refractivity contribution in [2.75, 3.05) is 0 Å². The number of hydrogen-bond acceptors (Lipinski definition) is 3. The SMILES string of the molecule is CC(C)Oc1cncc(C2(N)CCC(C(F)(F)F)CC2)c1. The molecule has 0 aliphatic heterocycles. The first-order chi connectivity index (χ1) is 9.71. The van der Waals surface area contributed by atoms with Crippen molar-refractivity contribution in [3.63, 3.8) is 0 Å². The Kier molecular flexibility index (Phi) is 4.46. The van der Waals surface area contributed by atoms with Gasteiger partial charge < -0.3 is 10.5 Å². The third-order valence-corrected chi connectivity index (χ3v) is 4.00. The van der Waals surface area contributed by atoms with Crippen LogP contribution in [0.2, 0.25) is 0 Å². The number of aromatic nitrogens is 1. The number of nitrogens with two attached hydrogens (primary N) is 1. The van der Waals surface area contributed by atoms with Gasteiger partial charge in [-0.1, -0.05) is 0 Å². The van der Waals surface area contributed by atoms with Crippen molar-refractivity contribution in [2.24, 2.45) is 11.7 Å². The zero-order valence-corrected chi connectivity index (χ0v) is 12.3. The van der Waals surface area contributed by atoms with Gasteiger partial charge in [-0.15, -0.1) is 0 Å². The molecule has 1 heterocycles. The third-order valence-electron chi connectivity index (χ3n) is 4.00. The molecule has 0 spiro atoms. The molecule has 1 fully saturated rings. The molecule has 118 valence electrons. The molecule has 1 aromatic heterocycles. The van der Waals surface area contributed by atoms with Gasteiger partial charge in [-0.2, -0.15) is 13.2 Å². The topological polar surface area (TPSA) is 48.1 Å². The van der Waals surface area contributed by atoms with E-state index in [1.807, 2.05) is 13.8 Å². The summed E-state index contributed by atoms with van der Waals surface area (Å²) in [6.45, 7) is 3.80. The molecule has 0 bridgehead atoms. The molecule has 0 atom stereocenters. The number of nitrogens with zero attached hydrogens (tertiary/aromatic N) is 1. The van der Waals surface area contributed by atoms with Crippen LogP contribution < -0.4 is 10.5 Å². The van der Waals surface area contributed by atoms with Crippen molar-refractivity contribution in [1.82, 2.24) is 4.98 Å². The molecule has 0 amide bonds. The Morgan fingerprint density at radius 1 is 1.29 bits per heavy atom. The Labute approximate surface area is 122 Å². The monoisotopic (exact) mass is 302 g/mol. The minimum Gasteiger partial charge on any atom is -0.489 e. The molecule has 0 aromatic carbocycles. The molecular formula is C15H21F3N2O. The molecule has 1 aromatic rings. The van der Waals surface area contributed by atoms with Gasteiger partial charge in [0, 0.05) is 11.7 Å². The van der Waals surface area contributed by atoms with Crippen LogP contribution in [-0.2, 0) is 5.54 Å². The molecule has 6 heteroatoms. The van der Waals surface area contributed by atoms with Crippen LogP contribution in [0.15, 0.2) is 18.5 Å². The minimum absolute atomic E-state index is 0.0109. The van der Waals surface area contributed by atoms with E-state index in [0.717, 1.165) is 5.56 Å². The molecule has 0 unspecified atom stereocenters. The quantitative estimate of drug-likeness (QED) is 0.924. The highest BCUT2D eigenvalue weighted by molar-refractivity contribution is 5.30. The predicted octanol–water partition coefficient (Wildman–Crippen LogP) is 3.78. The minimum atomic E-state index is -4.12. The summed E-state index contributed by atoms with van der Waals surface area (Å²) in [6.07, 6.45) is -0.146. The average molecular weight is 302 g/mol. The lowest BCUT2D eigenvalue weighted by Crippen LogP contribution is -2.43. The maximum atomic E-state index is 12.7. The Morgan fingerprint density at radius 3 is 2.43 bits per heavy atom. The van der Waals surface area contributed by atoms with E-state index in [1.165, 1.54) is 0 Å². The van der Waals surface area contributed by atoms with Crippen LogP contribution >= 0.6 is 0 Å². The van der Waals surface area contributed by atoms with Crippen LogP contribution in [0.4, 0.5) is 13.2 Å². The summed E-state index contributed by atoms with van der Waals surface area (Å²) in [5.74, 6) is -0.637. The van der Waals surface area contributed by atoms with E-state index in [4.69, 9.17) is 10.5 Å². The van der Waals surface area contributed by atoms with Gasteiger partial charge in [0.15, 0.2) is 0 Å². The van der Waals surface area contributed by atoms with Gasteiger partial charge in [-0.3, -0.25) is 4.98 Å². The smallest absolute Gasteiger partial charge is 0.391 e. The Hall–Kier alpha value is -1.30. The number of pyridine rings is 1. The zero-order chi connectivity index (χ0) is 15.7. The van der Waals surface area contributed by atoms with Gasteiger partial charge >= 0.3 is 6.18 Å². The highest BCUT2D eigenvalue weighted by Gasteiger charge is 2.45. The maximum Gasteiger partial charge on any atom is 0.391 e. The fourth-order valence-electron chi connectivity index (χ4n) is 2.78. The summed E-state index contributed by atoms with van der Waals surface area (Å²) >= 11 is 0. The number of ether oxygens (including phenoxy) is 1. The predicted molar refractivity (Wildman–Crippen MR) is 73.9 cm³/mol. The summed E-state index contributed by atoms with van der Waals surface area (Å²) < 4.78 is 43.8. The second-order valence-corrected chi connectivity index (χ2v) is 6.05. The molecule has 3 nitrogen and oxygen atoms in total. The molecule has 2 N–H and O–H groups in total. The molecule has 0 saturated heterocycles. The van der Waals surface area contributed by atoms with Crippen LogP contribution in [-0.4, -0.2) is 17.3 Å². The second-order valence-electron chi connectivity index (χ2n) is 6.05. The van der Waals surface area contributed by atoms with Crippen LogP contribution in [0.1, 0.15) is 45.1 Å². The first kappa shape index (κ1) is 16.1. The fourth-order valence-corrected chi connectivity index (χ4v) is 2.78. The van der Waals surface area contributed by atoms with E-state index >= 15 is 0 Å². The number of hydrogen-bond donors (Lipinski definition) is 1. The first-order valence-electron chi connectivity index (χ1n) is 7.18. The lowest BCUT2D eigenvalue weighted by atomic mass is 9.73. The maximum absolute atomic E-state index is 12.7. The van der Waals surface area contributed by atoms with Gasteiger partial charge in [0.2, 0.25) is 0 Å². The van der Waals surface area contributed by atoms with Crippen molar-refractivity contribution in [3.05, 3.63) is 24.0 Å². The highest BCUT2D eigenvalue weighted by Crippen LogP contribution is 2.44. The molecule has 0 radical (unpaired) electrons. The summed E-state index contributed by atoms with van der Waals surface area (Å²) in [7, 11) is 0. The first-order valence-corrected chi connectivity index (χ1v) is 7.18. The Bertz CT molecular complexity index is 480. The lowest BCUT2D eigenvalue weighted by Gasteiger charge is -2.38. The standard InChI is InChI=1S/C15H21F3N2O/c1-10(2)21-13-7-12(8-20-9-13)14(19)5-3-11(4-6-14)15(16,17)18/h7-11H,3-6,19H2,1-2H3. The average Bonchev–Trinajstić information content (AvgIpc) is 2.37. The number of alkyl halides is 3. The van der Waals surface area contributed by atoms with Crippen LogP contribution in [0.3, 0.4) is 0 Å². The summed E-state index contributed by atoms with van der Waals surface area (Å²) in [6, 6.07) is 1.79. The van der Waals surface area contributed by atoms with Gasteiger partial charge in [0.05, 0.1) is 18.2 Å². The van der Waals surface area contributed by atoms with Gasteiger partial charge in [-0.05, 0) is 51.2 Å². The number of halogens is 3. The second kappa shape index (κ2) is 5.83. The largest absolute Gasteiger partial charge is 0.489 e. The Morgan fingerprint density at radius 2 is 1.90 bits per heavy atom. The third kappa shape index (κ3) is 3.87. The van der Waals surface area contributed by atoms with E-state index in [2.05, 4.69) is 4.98 Å². The van der Waals surface area contributed by atoms with E-state index in [1.54, 1.807) is 18.5 Å². The fraction of sp³-hybridized carbons (Fsp3) is 0.667. The molecule has 1 aliphatic rings. The van der Waals surface area contributed by atoms with Crippen molar-refractivity contribution in [3.8, 4) is 5.75 Å². The summed E-state index contributed by atoms with van der Waals surface area (Å²) in [4.78, 5) is 4.10. The molecule has 1 saturated carbocycles. The Balaban J connectivity index is 2.11. The summed E-state index contributed by atoms with van der Waals surface area (Å²) in [5.41, 5.74) is 6.33. The van der Waals surface area contributed by atoms with Crippen molar-refractivity contribution < 1.29 is 17.9 Å². The van der Waals surface area contributed by atoms with Crippen molar-refractivity contribution >= 4 is 0 Å². The van der Waals surface area contributed by atoms with Gasteiger partial charge in [0.1, 0.15) is 5.75 Å². The van der Waals surface area contributed by atoms with Gasteiger partial charge in [-0.25, -0.2) is 0 Å². The normalized spacial score (nSPS) is 26.9. The molecule has 1 aliphatic carbocycles.